The highest BCUT2D eigenvalue weighted by atomic mass is 16.6. The Balaban J connectivity index is 2.36. The molecule has 0 heterocycles. The molecule has 0 radical (unpaired) electrons. The van der Waals surface area contributed by atoms with E-state index in [1.54, 1.807) is 0 Å². The predicted octanol–water partition coefficient (Wildman–Crippen LogP) is 3.21. The standard InChI is InChI=1S/C15H14N2O4/c1-10-5-2-3-6-11(10)9-16-14-12(15(18)19)7-4-8-13(14)17(20)21/h2-8,16H,9H2,1H3,(H,18,19). The summed E-state index contributed by atoms with van der Waals surface area (Å²) in [4.78, 5) is 21.7. The van der Waals surface area contributed by atoms with E-state index in [1.165, 1.54) is 18.2 Å². The highest BCUT2D eigenvalue weighted by Crippen LogP contribution is 2.29. The van der Waals surface area contributed by atoms with E-state index in [2.05, 4.69) is 5.32 Å². The fraction of sp³-hybridized carbons (Fsp3) is 0.133. The number of aryl methyl sites for hydroxylation is 1. The SMILES string of the molecule is Cc1ccccc1CNc1c(C(=O)O)cccc1[N+](=O)[O-]. The molecule has 21 heavy (non-hydrogen) atoms. The predicted molar refractivity (Wildman–Crippen MR) is 78.6 cm³/mol. The van der Waals surface area contributed by atoms with Crippen LogP contribution in [0, 0.1) is 17.0 Å². The number of aromatic carboxylic acids is 1. The minimum atomic E-state index is -1.20. The van der Waals surface area contributed by atoms with Gasteiger partial charge in [-0.1, -0.05) is 30.3 Å². The summed E-state index contributed by atoms with van der Waals surface area (Å²) < 4.78 is 0. The fourth-order valence-corrected chi connectivity index (χ4v) is 2.05. The second-order valence-electron chi connectivity index (χ2n) is 4.54. The van der Waals surface area contributed by atoms with Crippen LogP contribution in [-0.2, 0) is 6.54 Å². The second kappa shape index (κ2) is 6.04. The van der Waals surface area contributed by atoms with Crippen molar-refractivity contribution in [2.24, 2.45) is 0 Å². The van der Waals surface area contributed by atoms with Crippen molar-refractivity contribution in [1.82, 2.24) is 0 Å². The molecule has 6 nitrogen and oxygen atoms in total. The molecule has 0 fully saturated rings. The lowest BCUT2D eigenvalue weighted by molar-refractivity contribution is -0.384. The van der Waals surface area contributed by atoms with Gasteiger partial charge in [0.05, 0.1) is 10.5 Å². The number of nitrogens with one attached hydrogen (secondary N) is 1. The number of hydrogen-bond acceptors (Lipinski definition) is 4. The molecule has 2 aromatic rings. The molecule has 0 aromatic heterocycles. The summed E-state index contributed by atoms with van der Waals surface area (Å²) in [5.41, 5.74) is 1.65. The van der Waals surface area contributed by atoms with Crippen LogP contribution in [0.1, 0.15) is 21.5 Å². The molecule has 2 N–H and O–H groups in total. The number of carboxylic acids is 1. The molecule has 2 aromatic carbocycles. The van der Waals surface area contributed by atoms with Crippen molar-refractivity contribution in [1.29, 1.82) is 0 Å². The monoisotopic (exact) mass is 286 g/mol. The molecule has 108 valence electrons. The van der Waals surface area contributed by atoms with Gasteiger partial charge in [0.2, 0.25) is 0 Å². The van der Waals surface area contributed by atoms with E-state index in [9.17, 15) is 14.9 Å². The van der Waals surface area contributed by atoms with Gasteiger partial charge in [0.25, 0.3) is 5.69 Å². The minimum Gasteiger partial charge on any atom is -0.478 e. The van der Waals surface area contributed by atoms with E-state index in [0.29, 0.717) is 6.54 Å². The Morgan fingerprint density at radius 3 is 2.57 bits per heavy atom. The third kappa shape index (κ3) is 3.17. The number of para-hydroxylation sites is 1. The van der Waals surface area contributed by atoms with Crippen molar-refractivity contribution in [2.45, 2.75) is 13.5 Å². The lowest BCUT2D eigenvalue weighted by Gasteiger charge is -2.11. The van der Waals surface area contributed by atoms with E-state index in [4.69, 9.17) is 5.11 Å². The number of hydrogen-bond donors (Lipinski definition) is 2. The Bertz CT molecular complexity index is 666. The van der Waals surface area contributed by atoms with Gasteiger partial charge in [-0.2, -0.15) is 0 Å². The lowest BCUT2D eigenvalue weighted by atomic mass is 10.1. The molecular weight excluding hydrogens is 272 g/mol. The molecule has 2 rings (SSSR count). The Morgan fingerprint density at radius 1 is 1.24 bits per heavy atom. The topological polar surface area (TPSA) is 92.5 Å². The van der Waals surface area contributed by atoms with Gasteiger partial charge >= 0.3 is 5.97 Å². The molecule has 0 spiro atoms. The number of nitro benzene ring substituents is 1. The number of carboxylic acid groups (broad SMARTS) is 1. The second-order valence-corrected chi connectivity index (χ2v) is 4.54. The number of rotatable bonds is 5. The van der Waals surface area contributed by atoms with Gasteiger partial charge in [-0.3, -0.25) is 10.1 Å². The largest absolute Gasteiger partial charge is 0.478 e. The average molecular weight is 286 g/mol. The number of carbonyl (C=O) groups is 1. The minimum absolute atomic E-state index is 0.0262. The first-order valence-electron chi connectivity index (χ1n) is 6.29. The highest BCUT2D eigenvalue weighted by molar-refractivity contribution is 5.96. The fourth-order valence-electron chi connectivity index (χ4n) is 2.05. The number of nitro groups is 1. The van der Waals surface area contributed by atoms with E-state index in [-0.39, 0.29) is 16.9 Å². The van der Waals surface area contributed by atoms with Gasteiger partial charge in [0.1, 0.15) is 5.69 Å². The molecule has 0 aliphatic carbocycles. The molecule has 0 unspecified atom stereocenters. The van der Waals surface area contributed by atoms with Crippen LogP contribution in [0.25, 0.3) is 0 Å². The van der Waals surface area contributed by atoms with E-state index >= 15 is 0 Å². The molecule has 0 atom stereocenters. The molecule has 0 saturated heterocycles. The van der Waals surface area contributed by atoms with Crippen molar-refractivity contribution < 1.29 is 14.8 Å². The smallest absolute Gasteiger partial charge is 0.338 e. The number of benzene rings is 2. The Kier molecular flexibility index (Phi) is 4.18. The summed E-state index contributed by atoms with van der Waals surface area (Å²) in [6.45, 7) is 2.24. The van der Waals surface area contributed by atoms with Crippen LogP contribution in [0.4, 0.5) is 11.4 Å². The maximum Gasteiger partial charge on any atom is 0.338 e. The Labute approximate surface area is 121 Å². The Hall–Kier alpha value is -2.89. The van der Waals surface area contributed by atoms with Gasteiger partial charge in [-0.05, 0) is 24.1 Å². The van der Waals surface area contributed by atoms with Crippen LogP contribution in [0.15, 0.2) is 42.5 Å². The molecule has 6 heteroatoms. The zero-order valence-corrected chi connectivity index (χ0v) is 11.4. The summed E-state index contributed by atoms with van der Waals surface area (Å²) in [5.74, 6) is -1.20. The Morgan fingerprint density at radius 2 is 1.95 bits per heavy atom. The zero-order valence-electron chi connectivity index (χ0n) is 11.4. The first-order chi connectivity index (χ1) is 10.0. The molecule has 0 saturated carbocycles. The summed E-state index contributed by atoms with van der Waals surface area (Å²) in [7, 11) is 0. The quantitative estimate of drug-likeness (QED) is 0.650. The third-order valence-corrected chi connectivity index (χ3v) is 3.19. The molecular formula is C15H14N2O4. The van der Waals surface area contributed by atoms with Crippen LogP contribution in [0.5, 0.6) is 0 Å². The van der Waals surface area contributed by atoms with Gasteiger partial charge in [-0.15, -0.1) is 0 Å². The van der Waals surface area contributed by atoms with Crippen LogP contribution < -0.4 is 5.32 Å². The normalized spacial score (nSPS) is 10.1. The first-order valence-corrected chi connectivity index (χ1v) is 6.29. The summed E-state index contributed by atoms with van der Waals surface area (Å²) in [6, 6.07) is 11.6. The van der Waals surface area contributed by atoms with Crippen molar-refractivity contribution in [3.05, 3.63) is 69.3 Å². The van der Waals surface area contributed by atoms with E-state index in [1.807, 2.05) is 31.2 Å². The maximum absolute atomic E-state index is 11.2. The van der Waals surface area contributed by atoms with Crippen LogP contribution in [-0.4, -0.2) is 16.0 Å². The molecule has 0 bridgehead atoms. The van der Waals surface area contributed by atoms with Crippen LogP contribution >= 0.6 is 0 Å². The maximum atomic E-state index is 11.2. The van der Waals surface area contributed by atoms with Crippen molar-refractivity contribution >= 4 is 17.3 Å². The number of anilines is 1. The van der Waals surface area contributed by atoms with Crippen molar-refractivity contribution in [3.63, 3.8) is 0 Å². The van der Waals surface area contributed by atoms with E-state index in [0.717, 1.165) is 11.1 Å². The first kappa shape index (κ1) is 14.5. The van der Waals surface area contributed by atoms with Crippen molar-refractivity contribution in [2.75, 3.05) is 5.32 Å². The van der Waals surface area contributed by atoms with Crippen LogP contribution in [0.3, 0.4) is 0 Å². The summed E-state index contributed by atoms with van der Waals surface area (Å²) in [6.07, 6.45) is 0. The van der Waals surface area contributed by atoms with Crippen LogP contribution in [0.2, 0.25) is 0 Å². The molecule has 0 aliphatic heterocycles. The lowest BCUT2D eigenvalue weighted by Crippen LogP contribution is -2.09. The van der Waals surface area contributed by atoms with Gasteiger partial charge in [0, 0.05) is 12.6 Å². The van der Waals surface area contributed by atoms with Gasteiger partial charge in [0.15, 0.2) is 0 Å². The van der Waals surface area contributed by atoms with Gasteiger partial charge in [-0.25, -0.2) is 4.79 Å². The van der Waals surface area contributed by atoms with Crippen molar-refractivity contribution in [3.8, 4) is 0 Å². The molecule has 0 aliphatic rings. The van der Waals surface area contributed by atoms with Gasteiger partial charge < -0.3 is 10.4 Å². The highest BCUT2D eigenvalue weighted by Gasteiger charge is 2.21. The number of nitrogens with zero attached hydrogens (tertiary/aromatic N) is 1. The third-order valence-electron chi connectivity index (χ3n) is 3.19. The molecule has 0 amide bonds. The zero-order chi connectivity index (χ0) is 15.4. The summed E-state index contributed by atoms with van der Waals surface area (Å²) in [5, 5.41) is 23.1. The summed E-state index contributed by atoms with van der Waals surface area (Å²) >= 11 is 0. The van der Waals surface area contributed by atoms with E-state index < -0.39 is 10.9 Å². The average Bonchev–Trinajstić information content (AvgIpc) is 2.45.